The van der Waals surface area contributed by atoms with E-state index in [9.17, 15) is 0 Å². The van der Waals surface area contributed by atoms with Gasteiger partial charge in [-0.2, -0.15) is 0 Å². The van der Waals surface area contributed by atoms with Crippen LogP contribution in [-0.4, -0.2) is 23.2 Å². The Kier molecular flexibility index (Phi) is 2.93. The van der Waals surface area contributed by atoms with E-state index in [1.54, 1.807) is 17.5 Å². The van der Waals surface area contributed by atoms with Crippen molar-refractivity contribution < 1.29 is 5.11 Å². The number of hydrogen-bond donors (Lipinski definition) is 2. The summed E-state index contributed by atoms with van der Waals surface area (Å²) in [6.45, 7) is 2.39. The van der Waals surface area contributed by atoms with Crippen LogP contribution in [0.25, 0.3) is 0 Å². The highest BCUT2D eigenvalue weighted by molar-refractivity contribution is 7.11. The van der Waals surface area contributed by atoms with Gasteiger partial charge in [0, 0.05) is 12.6 Å². The fourth-order valence-electron chi connectivity index (χ4n) is 1.65. The third-order valence-electron chi connectivity index (χ3n) is 2.38. The van der Waals surface area contributed by atoms with Gasteiger partial charge in [0.15, 0.2) is 0 Å². The van der Waals surface area contributed by atoms with Crippen molar-refractivity contribution in [3.63, 3.8) is 0 Å². The summed E-state index contributed by atoms with van der Waals surface area (Å²) in [4.78, 5) is 5.25. The Hall–Kier alpha value is -0.450. The van der Waals surface area contributed by atoms with Crippen LogP contribution in [0.3, 0.4) is 0 Å². The maximum Gasteiger partial charge on any atom is 0.0931 e. The topological polar surface area (TPSA) is 45.2 Å². The molecule has 0 spiro atoms. The van der Waals surface area contributed by atoms with Crippen LogP contribution in [0.2, 0.25) is 0 Å². The van der Waals surface area contributed by atoms with Gasteiger partial charge in [0.1, 0.15) is 0 Å². The zero-order valence-electron chi connectivity index (χ0n) is 7.49. The summed E-state index contributed by atoms with van der Waals surface area (Å²) in [5, 5.41) is 13.4. The first-order valence-corrected chi connectivity index (χ1v) is 5.45. The molecule has 1 aromatic heterocycles. The molecular formula is C9H14N2OS. The zero-order chi connectivity index (χ0) is 9.10. The van der Waals surface area contributed by atoms with Crippen molar-refractivity contribution in [2.24, 2.45) is 5.92 Å². The summed E-state index contributed by atoms with van der Waals surface area (Å²) in [5.74, 6) is 0.748. The first-order valence-electron chi connectivity index (χ1n) is 4.63. The van der Waals surface area contributed by atoms with E-state index in [-0.39, 0.29) is 6.61 Å². The predicted molar refractivity (Wildman–Crippen MR) is 52.7 cm³/mol. The first kappa shape index (κ1) is 9.12. The summed E-state index contributed by atoms with van der Waals surface area (Å²) >= 11 is 1.63. The number of aliphatic hydroxyl groups excluding tert-OH is 1. The average Bonchev–Trinajstić information content (AvgIpc) is 2.76. The van der Waals surface area contributed by atoms with E-state index in [0.717, 1.165) is 35.3 Å². The van der Waals surface area contributed by atoms with Gasteiger partial charge in [-0.25, -0.2) is 4.98 Å². The minimum absolute atomic E-state index is 0.126. The van der Waals surface area contributed by atoms with Crippen LogP contribution in [-0.2, 0) is 13.0 Å². The number of rotatable bonds is 3. The number of nitrogens with zero attached hydrogens (tertiary/aromatic N) is 1. The number of thiazole rings is 1. The number of aromatic nitrogens is 1. The van der Waals surface area contributed by atoms with Crippen molar-refractivity contribution in [1.29, 1.82) is 0 Å². The molecule has 13 heavy (non-hydrogen) atoms. The average molecular weight is 198 g/mol. The molecule has 0 amide bonds. The van der Waals surface area contributed by atoms with Gasteiger partial charge in [0.05, 0.1) is 16.5 Å². The molecule has 3 nitrogen and oxygen atoms in total. The highest BCUT2D eigenvalue weighted by Crippen LogP contribution is 2.19. The van der Waals surface area contributed by atoms with Crippen molar-refractivity contribution >= 4 is 11.3 Å². The van der Waals surface area contributed by atoms with Crippen molar-refractivity contribution in [3.05, 3.63) is 16.1 Å². The van der Waals surface area contributed by atoms with Crippen LogP contribution in [0.15, 0.2) is 6.20 Å². The zero-order valence-corrected chi connectivity index (χ0v) is 8.31. The molecule has 2 heterocycles. The minimum atomic E-state index is 0.126. The van der Waals surface area contributed by atoms with Crippen LogP contribution in [0, 0.1) is 5.92 Å². The summed E-state index contributed by atoms with van der Waals surface area (Å²) in [6.07, 6.45) is 4.11. The molecule has 1 aliphatic rings. The molecule has 0 bridgehead atoms. The van der Waals surface area contributed by atoms with Gasteiger partial charge >= 0.3 is 0 Å². The Morgan fingerprint density at radius 2 is 2.62 bits per heavy atom. The molecule has 1 aliphatic heterocycles. The Bertz CT molecular complexity index is 268. The van der Waals surface area contributed by atoms with Crippen molar-refractivity contribution in [1.82, 2.24) is 10.3 Å². The Morgan fingerprint density at radius 1 is 1.69 bits per heavy atom. The van der Waals surface area contributed by atoms with E-state index in [0.29, 0.717) is 0 Å². The largest absolute Gasteiger partial charge is 0.391 e. The number of aliphatic hydroxyl groups is 1. The minimum Gasteiger partial charge on any atom is -0.391 e. The second kappa shape index (κ2) is 4.17. The highest BCUT2D eigenvalue weighted by atomic mass is 32.1. The van der Waals surface area contributed by atoms with Crippen LogP contribution in [0.1, 0.15) is 16.3 Å². The van der Waals surface area contributed by atoms with Crippen molar-refractivity contribution in [2.45, 2.75) is 19.4 Å². The maximum absolute atomic E-state index is 8.87. The SMILES string of the molecule is OCc1cnc(CC2CCNC2)s1. The Balaban J connectivity index is 1.92. The summed E-state index contributed by atoms with van der Waals surface area (Å²) in [7, 11) is 0. The molecule has 0 radical (unpaired) electrons. The standard InChI is InChI=1S/C9H14N2OS/c12-6-8-5-11-9(13-8)3-7-1-2-10-4-7/h5,7,10,12H,1-4,6H2. The second-order valence-corrected chi connectivity index (χ2v) is 4.64. The summed E-state index contributed by atoms with van der Waals surface area (Å²) < 4.78 is 0. The summed E-state index contributed by atoms with van der Waals surface area (Å²) in [5.41, 5.74) is 0. The van der Waals surface area contributed by atoms with Crippen molar-refractivity contribution in [2.75, 3.05) is 13.1 Å². The fourth-order valence-corrected chi connectivity index (χ4v) is 2.55. The van der Waals surface area contributed by atoms with E-state index >= 15 is 0 Å². The van der Waals surface area contributed by atoms with Gasteiger partial charge in [-0.15, -0.1) is 11.3 Å². The van der Waals surface area contributed by atoms with Gasteiger partial charge in [-0.3, -0.25) is 0 Å². The Labute approximate surface area is 81.8 Å². The number of nitrogens with one attached hydrogen (secondary N) is 1. The summed E-state index contributed by atoms with van der Waals surface area (Å²) in [6, 6.07) is 0. The molecule has 72 valence electrons. The van der Waals surface area contributed by atoms with Gasteiger partial charge in [0.25, 0.3) is 0 Å². The maximum atomic E-state index is 8.87. The molecule has 1 fully saturated rings. The van der Waals surface area contributed by atoms with E-state index < -0.39 is 0 Å². The molecule has 4 heteroatoms. The molecule has 0 aromatic carbocycles. The Morgan fingerprint density at radius 3 is 3.23 bits per heavy atom. The highest BCUT2D eigenvalue weighted by Gasteiger charge is 2.16. The molecule has 1 unspecified atom stereocenters. The molecule has 2 rings (SSSR count). The second-order valence-electron chi connectivity index (χ2n) is 3.44. The van der Waals surface area contributed by atoms with E-state index in [1.807, 2.05) is 0 Å². The smallest absolute Gasteiger partial charge is 0.0931 e. The molecule has 1 saturated heterocycles. The van der Waals surface area contributed by atoms with E-state index in [2.05, 4.69) is 10.3 Å². The van der Waals surface area contributed by atoms with Crippen molar-refractivity contribution in [3.8, 4) is 0 Å². The normalized spacial score (nSPS) is 22.4. The molecule has 2 N–H and O–H groups in total. The van der Waals surface area contributed by atoms with E-state index in [4.69, 9.17) is 5.11 Å². The van der Waals surface area contributed by atoms with Crippen LogP contribution < -0.4 is 5.32 Å². The first-order chi connectivity index (χ1) is 6.38. The van der Waals surface area contributed by atoms with Gasteiger partial charge in [-0.05, 0) is 25.4 Å². The molecule has 1 aromatic rings. The fraction of sp³-hybridized carbons (Fsp3) is 0.667. The number of hydrogen-bond acceptors (Lipinski definition) is 4. The van der Waals surface area contributed by atoms with Crippen LogP contribution in [0.5, 0.6) is 0 Å². The molecule has 1 atom stereocenters. The lowest BCUT2D eigenvalue weighted by atomic mass is 10.1. The molecule has 0 saturated carbocycles. The van der Waals surface area contributed by atoms with Gasteiger partial charge < -0.3 is 10.4 Å². The molecule has 0 aliphatic carbocycles. The monoisotopic (exact) mass is 198 g/mol. The predicted octanol–water partition coefficient (Wildman–Crippen LogP) is 0.787. The quantitative estimate of drug-likeness (QED) is 0.754. The van der Waals surface area contributed by atoms with E-state index in [1.165, 1.54) is 6.42 Å². The van der Waals surface area contributed by atoms with Gasteiger partial charge in [0.2, 0.25) is 0 Å². The lowest BCUT2D eigenvalue weighted by molar-refractivity contribution is 0.285. The van der Waals surface area contributed by atoms with Gasteiger partial charge in [-0.1, -0.05) is 0 Å². The molecular weight excluding hydrogens is 184 g/mol. The third kappa shape index (κ3) is 2.27. The van der Waals surface area contributed by atoms with Crippen LogP contribution in [0.4, 0.5) is 0 Å². The van der Waals surface area contributed by atoms with Crippen LogP contribution >= 0.6 is 11.3 Å². The lowest BCUT2D eigenvalue weighted by Gasteiger charge is -2.03. The lowest BCUT2D eigenvalue weighted by Crippen LogP contribution is -2.10. The third-order valence-corrected chi connectivity index (χ3v) is 3.39.